The molecule has 1 rings (SSSR count). The predicted molar refractivity (Wildman–Crippen MR) is 89.4 cm³/mol. The molecule has 0 aromatic heterocycles. The first kappa shape index (κ1) is 17.5. The average Bonchev–Trinajstić information content (AvgIpc) is 2.52. The highest BCUT2D eigenvalue weighted by Crippen LogP contribution is 2.07. The monoisotopic (exact) mass is 309 g/mol. The molecule has 21 heavy (non-hydrogen) atoms. The molecule has 0 fully saturated rings. The van der Waals surface area contributed by atoms with E-state index in [1.165, 1.54) is 0 Å². The van der Waals surface area contributed by atoms with E-state index in [0.29, 0.717) is 11.4 Å². The largest absolute Gasteiger partial charge is 0.410 e. The number of anilines is 1. The summed E-state index contributed by atoms with van der Waals surface area (Å²) in [4.78, 5) is 14.3. The summed E-state index contributed by atoms with van der Waals surface area (Å²) >= 11 is 1.59. The number of thioether (sulfide) groups is 1. The van der Waals surface area contributed by atoms with E-state index >= 15 is 0 Å². The third kappa shape index (κ3) is 6.64. The van der Waals surface area contributed by atoms with Crippen molar-refractivity contribution in [2.75, 3.05) is 36.5 Å². The highest BCUT2D eigenvalue weighted by Gasteiger charge is 2.12. The van der Waals surface area contributed by atoms with E-state index in [1.807, 2.05) is 18.2 Å². The van der Waals surface area contributed by atoms with Gasteiger partial charge in [-0.25, -0.2) is 0 Å². The Hall–Kier alpha value is -1.53. The van der Waals surface area contributed by atoms with E-state index < -0.39 is 0 Å². The highest BCUT2D eigenvalue weighted by atomic mass is 32.2. The SMILES string of the molecule is CCN(CC)CCSC/C(=N/O)C(=O)Nc1ccccc1. The molecule has 1 amide bonds. The van der Waals surface area contributed by atoms with Crippen molar-refractivity contribution in [1.82, 2.24) is 4.90 Å². The number of hydrogen-bond acceptors (Lipinski definition) is 5. The summed E-state index contributed by atoms with van der Waals surface area (Å²) in [5.41, 5.74) is 0.834. The van der Waals surface area contributed by atoms with Gasteiger partial charge in [-0.1, -0.05) is 37.2 Å². The molecule has 0 aliphatic heterocycles. The molecule has 6 heteroatoms. The van der Waals surface area contributed by atoms with Crippen molar-refractivity contribution < 1.29 is 10.0 Å². The van der Waals surface area contributed by atoms with Gasteiger partial charge < -0.3 is 15.4 Å². The number of oxime groups is 1. The molecule has 0 aliphatic rings. The minimum absolute atomic E-state index is 0.142. The Morgan fingerprint density at radius 2 is 1.95 bits per heavy atom. The van der Waals surface area contributed by atoms with Crippen LogP contribution in [0.5, 0.6) is 0 Å². The number of rotatable bonds is 9. The first-order chi connectivity index (χ1) is 10.2. The maximum atomic E-state index is 12.0. The molecule has 0 unspecified atom stereocenters. The second-order valence-electron chi connectivity index (χ2n) is 4.45. The number of para-hydroxylation sites is 1. The number of hydrogen-bond donors (Lipinski definition) is 2. The maximum absolute atomic E-state index is 12.0. The molecule has 0 spiro atoms. The average molecular weight is 309 g/mol. The van der Waals surface area contributed by atoms with E-state index in [4.69, 9.17) is 5.21 Å². The number of amides is 1. The van der Waals surface area contributed by atoms with Crippen molar-refractivity contribution in [3.05, 3.63) is 30.3 Å². The Bertz CT molecular complexity index is 447. The lowest BCUT2D eigenvalue weighted by Gasteiger charge is -2.17. The summed E-state index contributed by atoms with van der Waals surface area (Å²) in [6, 6.07) is 9.13. The Balaban J connectivity index is 2.36. The van der Waals surface area contributed by atoms with Crippen LogP contribution in [-0.4, -0.2) is 52.9 Å². The zero-order valence-corrected chi connectivity index (χ0v) is 13.4. The summed E-state index contributed by atoms with van der Waals surface area (Å²) in [7, 11) is 0. The smallest absolute Gasteiger partial charge is 0.274 e. The van der Waals surface area contributed by atoms with Gasteiger partial charge in [0.05, 0.1) is 0 Å². The van der Waals surface area contributed by atoms with Gasteiger partial charge in [0.2, 0.25) is 0 Å². The summed E-state index contributed by atoms with van der Waals surface area (Å²) in [5, 5.41) is 14.8. The summed E-state index contributed by atoms with van der Waals surface area (Å²) < 4.78 is 0. The molecule has 0 bridgehead atoms. The predicted octanol–water partition coefficient (Wildman–Crippen LogP) is 2.53. The minimum Gasteiger partial charge on any atom is -0.410 e. The van der Waals surface area contributed by atoms with Gasteiger partial charge in [-0.3, -0.25) is 4.79 Å². The van der Waals surface area contributed by atoms with Gasteiger partial charge >= 0.3 is 0 Å². The van der Waals surface area contributed by atoms with Crippen LogP contribution in [0.15, 0.2) is 35.5 Å². The quantitative estimate of drug-likeness (QED) is 0.318. The normalized spacial score (nSPS) is 11.7. The third-order valence-electron chi connectivity index (χ3n) is 3.10. The number of nitrogens with zero attached hydrogens (tertiary/aromatic N) is 2. The first-order valence-electron chi connectivity index (χ1n) is 7.08. The van der Waals surface area contributed by atoms with Gasteiger partial charge in [-0.15, -0.1) is 0 Å². The third-order valence-corrected chi connectivity index (χ3v) is 4.05. The van der Waals surface area contributed by atoms with E-state index in [1.54, 1.807) is 23.9 Å². The fraction of sp³-hybridized carbons (Fsp3) is 0.467. The highest BCUT2D eigenvalue weighted by molar-refractivity contribution is 8.00. The van der Waals surface area contributed by atoms with Gasteiger partial charge in [-0.05, 0) is 25.2 Å². The van der Waals surface area contributed by atoms with Gasteiger partial charge in [0.15, 0.2) is 5.71 Å². The molecule has 1 aromatic carbocycles. The molecule has 0 saturated heterocycles. The summed E-state index contributed by atoms with van der Waals surface area (Å²) in [5.74, 6) is 0.939. The van der Waals surface area contributed by atoms with Crippen LogP contribution < -0.4 is 5.32 Å². The molecular formula is C15H23N3O2S. The van der Waals surface area contributed by atoms with Gasteiger partial charge in [0.1, 0.15) is 0 Å². The van der Waals surface area contributed by atoms with Crippen LogP contribution in [0.25, 0.3) is 0 Å². The molecule has 0 heterocycles. The van der Waals surface area contributed by atoms with Crippen LogP contribution in [-0.2, 0) is 4.79 Å². The fourth-order valence-corrected chi connectivity index (χ4v) is 2.68. The van der Waals surface area contributed by atoms with Crippen molar-refractivity contribution >= 4 is 29.1 Å². The van der Waals surface area contributed by atoms with Crippen molar-refractivity contribution in [1.29, 1.82) is 0 Å². The van der Waals surface area contributed by atoms with Crippen molar-refractivity contribution in [3.63, 3.8) is 0 Å². The second-order valence-corrected chi connectivity index (χ2v) is 5.55. The number of nitrogens with one attached hydrogen (secondary N) is 1. The minimum atomic E-state index is -0.362. The van der Waals surface area contributed by atoms with E-state index in [-0.39, 0.29) is 11.6 Å². The standard InChI is InChI=1S/C15H23N3O2S/c1-3-18(4-2)10-11-21-12-14(17-20)15(19)16-13-8-6-5-7-9-13/h5-9,20H,3-4,10-12H2,1-2H3,(H,16,19)/b17-14-. The summed E-state index contributed by atoms with van der Waals surface area (Å²) in [6.45, 7) is 7.26. The second kappa shape index (κ2) is 10.2. The Morgan fingerprint density at radius 3 is 2.52 bits per heavy atom. The van der Waals surface area contributed by atoms with Crippen LogP contribution in [0.2, 0.25) is 0 Å². The fourth-order valence-electron chi connectivity index (χ4n) is 1.77. The van der Waals surface area contributed by atoms with Crippen molar-refractivity contribution in [2.45, 2.75) is 13.8 Å². The summed E-state index contributed by atoms with van der Waals surface area (Å²) in [6.07, 6.45) is 0. The van der Waals surface area contributed by atoms with Gasteiger partial charge in [0, 0.05) is 23.7 Å². The van der Waals surface area contributed by atoms with Crippen LogP contribution in [0, 0.1) is 0 Å². The molecule has 2 N–H and O–H groups in total. The van der Waals surface area contributed by atoms with Crippen LogP contribution in [0.3, 0.4) is 0 Å². The van der Waals surface area contributed by atoms with E-state index in [0.717, 1.165) is 25.4 Å². The zero-order chi connectivity index (χ0) is 15.5. The molecule has 0 radical (unpaired) electrons. The Kier molecular flexibility index (Phi) is 8.54. The zero-order valence-electron chi connectivity index (χ0n) is 12.6. The number of benzene rings is 1. The first-order valence-corrected chi connectivity index (χ1v) is 8.24. The maximum Gasteiger partial charge on any atom is 0.274 e. The van der Waals surface area contributed by atoms with E-state index in [2.05, 4.69) is 29.2 Å². The van der Waals surface area contributed by atoms with Crippen LogP contribution >= 0.6 is 11.8 Å². The molecule has 5 nitrogen and oxygen atoms in total. The Labute approximate surface area is 130 Å². The lowest BCUT2D eigenvalue weighted by molar-refractivity contribution is -0.110. The van der Waals surface area contributed by atoms with Gasteiger partial charge in [-0.2, -0.15) is 11.8 Å². The molecule has 1 aromatic rings. The van der Waals surface area contributed by atoms with Crippen LogP contribution in [0.4, 0.5) is 5.69 Å². The van der Waals surface area contributed by atoms with Gasteiger partial charge in [0.25, 0.3) is 5.91 Å². The number of carbonyl (C=O) groups excluding carboxylic acids is 1. The molecule has 0 aliphatic carbocycles. The van der Waals surface area contributed by atoms with Crippen molar-refractivity contribution in [3.8, 4) is 0 Å². The van der Waals surface area contributed by atoms with E-state index in [9.17, 15) is 4.79 Å². The Morgan fingerprint density at radius 1 is 1.29 bits per heavy atom. The lowest BCUT2D eigenvalue weighted by Crippen LogP contribution is -2.27. The molecule has 0 atom stereocenters. The topological polar surface area (TPSA) is 64.9 Å². The molecule has 116 valence electrons. The van der Waals surface area contributed by atoms with Crippen molar-refractivity contribution in [2.24, 2.45) is 5.16 Å². The molecule has 0 saturated carbocycles. The number of carbonyl (C=O) groups is 1. The van der Waals surface area contributed by atoms with Crippen LogP contribution in [0.1, 0.15) is 13.8 Å². The molecular weight excluding hydrogens is 286 g/mol. The lowest BCUT2D eigenvalue weighted by atomic mass is 10.3.